The lowest BCUT2D eigenvalue weighted by molar-refractivity contribution is 0.0327. The highest BCUT2D eigenvalue weighted by Crippen LogP contribution is 2.17. The fourth-order valence-electron chi connectivity index (χ4n) is 2.54. The second-order valence-corrected chi connectivity index (χ2v) is 5.48. The summed E-state index contributed by atoms with van der Waals surface area (Å²) in [6, 6.07) is 8.09. The summed E-state index contributed by atoms with van der Waals surface area (Å²) in [4.78, 5) is 7.56. The van der Waals surface area contributed by atoms with Crippen molar-refractivity contribution in [1.82, 2.24) is 14.5 Å². The van der Waals surface area contributed by atoms with Crippen LogP contribution in [-0.2, 0) is 17.8 Å². The van der Waals surface area contributed by atoms with Gasteiger partial charge in [-0.25, -0.2) is 4.98 Å². The zero-order valence-electron chi connectivity index (χ0n) is 11.3. The number of fused-ring (bicyclic) bond motifs is 1. The maximum Gasteiger partial charge on any atom is 0.124 e. The molecule has 2 heterocycles. The number of hydrogen-bond acceptors (Lipinski definition) is 4. The smallest absolute Gasteiger partial charge is 0.124 e. The third-order valence-electron chi connectivity index (χ3n) is 3.52. The summed E-state index contributed by atoms with van der Waals surface area (Å²) in [6.07, 6.45) is 0. The Morgan fingerprint density at radius 3 is 2.80 bits per heavy atom. The predicted molar refractivity (Wildman–Crippen MR) is 82.6 cm³/mol. The van der Waals surface area contributed by atoms with E-state index >= 15 is 0 Å². The van der Waals surface area contributed by atoms with Crippen LogP contribution in [0.25, 0.3) is 11.0 Å². The van der Waals surface area contributed by atoms with Gasteiger partial charge in [0, 0.05) is 13.1 Å². The van der Waals surface area contributed by atoms with E-state index in [4.69, 9.17) is 27.7 Å². The first kappa shape index (κ1) is 13.5. The number of thiocarbonyl (C=S) groups is 1. The molecule has 0 aliphatic carbocycles. The van der Waals surface area contributed by atoms with Crippen molar-refractivity contribution in [1.29, 1.82) is 0 Å². The molecule has 1 fully saturated rings. The predicted octanol–water partition coefficient (Wildman–Crippen LogP) is 1.15. The van der Waals surface area contributed by atoms with Crippen LogP contribution in [0.1, 0.15) is 5.82 Å². The number of rotatable bonds is 4. The molecule has 1 aromatic heterocycles. The van der Waals surface area contributed by atoms with Gasteiger partial charge < -0.3 is 15.0 Å². The normalized spacial score (nSPS) is 16.6. The molecule has 0 unspecified atom stereocenters. The highest BCUT2D eigenvalue weighted by molar-refractivity contribution is 7.80. The molecular formula is C14H18N4OS. The highest BCUT2D eigenvalue weighted by atomic mass is 32.1. The molecule has 0 spiro atoms. The monoisotopic (exact) mass is 290 g/mol. The lowest BCUT2D eigenvalue weighted by Crippen LogP contribution is -2.36. The Morgan fingerprint density at radius 2 is 2.05 bits per heavy atom. The van der Waals surface area contributed by atoms with E-state index in [1.165, 1.54) is 0 Å². The maximum absolute atomic E-state index is 5.73. The molecule has 2 aromatic rings. The maximum atomic E-state index is 5.73. The Kier molecular flexibility index (Phi) is 3.95. The second kappa shape index (κ2) is 5.87. The minimum absolute atomic E-state index is 0.483. The molecule has 1 aromatic carbocycles. The number of hydrogen-bond donors (Lipinski definition) is 1. The molecule has 0 atom stereocenters. The summed E-state index contributed by atoms with van der Waals surface area (Å²) in [7, 11) is 0. The summed E-state index contributed by atoms with van der Waals surface area (Å²) >= 11 is 5.07. The van der Waals surface area contributed by atoms with Crippen LogP contribution in [0.4, 0.5) is 0 Å². The molecule has 0 radical (unpaired) electrons. The lowest BCUT2D eigenvalue weighted by atomic mass is 10.3. The molecular weight excluding hydrogens is 272 g/mol. The molecule has 106 valence electrons. The average molecular weight is 290 g/mol. The van der Waals surface area contributed by atoms with Gasteiger partial charge in [-0.2, -0.15) is 0 Å². The number of ether oxygens (including phenoxy) is 1. The summed E-state index contributed by atoms with van der Waals surface area (Å²) in [5.74, 6) is 1.01. The molecule has 1 saturated heterocycles. The van der Waals surface area contributed by atoms with E-state index < -0.39 is 0 Å². The van der Waals surface area contributed by atoms with Gasteiger partial charge in [0.2, 0.25) is 0 Å². The number of nitrogens with zero attached hydrogens (tertiary/aromatic N) is 3. The van der Waals surface area contributed by atoms with Gasteiger partial charge in [0.05, 0.1) is 42.3 Å². The summed E-state index contributed by atoms with van der Waals surface area (Å²) in [5, 5.41) is 0. The van der Waals surface area contributed by atoms with Crippen molar-refractivity contribution in [2.75, 3.05) is 26.3 Å². The molecule has 6 heteroatoms. The van der Waals surface area contributed by atoms with Gasteiger partial charge >= 0.3 is 0 Å². The van der Waals surface area contributed by atoms with Gasteiger partial charge in [-0.05, 0) is 12.1 Å². The van der Waals surface area contributed by atoms with Gasteiger partial charge in [0.25, 0.3) is 0 Å². The molecule has 1 aliphatic heterocycles. The van der Waals surface area contributed by atoms with E-state index in [0.717, 1.165) is 49.7 Å². The van der Waals surface area contributed by atoms with Crippen molar-refractivity contribution < 1.29 is 4.74 Å². The SMILES string of the molecule is NC(=S)Cn1c(CN2CCOCC2)nc2ccccc21. The van der Waals surface area contributed by atoms with Crippen molar-refractivity contribution >= 4 is 28.2 Å². The number of morpholine rings is 1. The minimum atomic E-state index is 0.483. The first-order valence-corrected chi connectivity index (χ1v) is 7.17. The van der Waals surface area contributed by atoms with Crippen LogP contribution in [-0.4, -0.2) is 45.7 Å². The Labute approximate surface area is 123 Å². The van der Waals surface area contributed by atoms with E-state index in [1.807, 2.05) is 18.2 Å². The van der Waals surface area contributed by atoms with Gasteiger partial charge in [-0.3, -0.25) is 4.90 Å². The Hall–Kier alpha value is -1.50. The first-order chi connectivity index (χ1) is 9.74. The van der Waals surface area contributed by atoms with E-state index in [2.05, 4.69) is 15.5 Å². The summed E-state index contributed by atoms with van der Waals surface area (Å²) < 4.78 is 7.50. The molecule has 0 bridgehead atoms. The van der Waals surface area contributed by atoms with Crippen molar-refractivity contribution in [3.63, 3.8) is 0 Å². The van der Waals surface area contributed by atoms with Crippen molar-refractivity contribution in [2.45, 2.75) is 13.1 Å². The zero-order chi connectivity index (χ0) is 13.9. The fourth-order valence-corrected chi connectivity index (χ4v) is 2.67. The molecule has 0 saturated carbocycles. The first-order valence-electron chi connectivity index (χ1n) is 6.76. The number of nitrogens with two attached hydrogens (primary N) is 1. The van der Waals surface area contributed by atoms with Crippen LogP contribution < -0.4 is 5.73 Å². The fraction of sp³-hybridized carbons (Fsp3) is 0.429. The Balaban J connectivity index is 1.93. The van der Waals surface area contributed by atoms with Crippen LogP contribution in [0.5, 0.6) is 0 Å². The van der Waals surface area contributed by atoms with Crippen molar-refractivity contribution in [3.8, 4) is 0 Å². The van der Waals surface area contributed by atoms with Crippen LogP contribution >= 0.6 is 12.2 Å². The Bertz CT molecular complexity index is 619. The van der Waals surface area contributed by atoms with Crippen LogP contribution in [0.3, 0.4) is 0 Å². The highest BCUT2D eigenvalue weighted by Gasteiger charge is 2.16. The third kappa shape index (κ3) is 2.82. The summed E-state index contributed by atoms with van der Waals surface area (Å²) in [5.41, 5.74) is 7.81. The lowest BCUT2D eigenvalue weighted by Gasteiger charge is -2.26. The van der Waals surface area contributed by atoms with Gasteiger partial charge in [-0.15, -0.1) is 0 Å². The topological polar surface area (TPSA) is 56.3 Å². The molecule has 0 amide bonds. The molecule has 2 N–H and O–H groups in total. The largest absolute Gasteiger partial charge is 0.392 e. The number of para-hydroxylation sites is 2. The quantitative estimate of drug-likeness (QED) is 0.856. The number of benzene rings is 1. The summed E-state index contributed by atoms with van der Waals surface area (Å²) in [6.45, 7) is 4.80. The minimum Gasteiger partial charge on any atom is -0.392 e. The standard InChI is InChI=1S/C14H18N4OS/c15-13(20)9-18-12-4-2-1-3-11(12)16-14(18)10-17-5-7-19-8-6-17/h1-4H,5-10H2,(H2,15,20). The van der Waals surface area contributed by atoms with Crippen LogP contribution in [0.15, 0.2) is 24.3 Å². The molecule has 3 rings (SSSR count). The number of imidazole rings is 1. The Morgan fingerprint density at radius 1 is 1.30 bits per heavy atom. The number of aromatic nitrogens is 2. The van der Waals surface area contributed by atoms with Crippen LogP contribution in [0.2, 0.25) is 0 Å². The average Bonchev–Trinajstić information content (AvgIpc) is 2.78. The van der Waals surface area contributed by atoms with E-state index in [1.54, 1.807) is 0 Å². The van der Waals surface area contributed by atoms with Crippen molar-refractivity contribution in [2.24, 2.45) is 5.73 Å². The molecule has 1 aliphatic rings. The van der Waals surface area contributed by atoms with Crippen LogP contribution in [0, 0.1) is 0 Å². The zero-order valence-corrected chi connectivity index (χ0v) is 12.1. The second-order valence-electron chi connectivity index (χ2n) is 4.96. The van der Waals surface area contributed by atoms with Gasteiger partial charge in [-0.1, -0.05) is 24.4 Å². The van der Waals surface area contributed by atoms with E-state index in [0.29, 0.717) is 11.5 Å². The van der Waals surface area contributed by atoms with E-state index in [9.17, 15) is 0 Å². The van der Waals surface area contributed by atoms with E-state index in [-0.39, 0.29) is 0 Å². The third-order valence-corrected chi connectivity index (χ3v) is 3.65. The van der Waals surface area contributed by atoms with Crippen molar-refractivity contribution in [3.05, 3.63) is 30.1 Å². The van der Waals surface area contributed by atoms with Gasteiger partial charge in [0.1, 0.15) is 5.82 Å². The molecule has 20 heavy (non-hydrogen) atoms. The van der Waals surface area contributed by atoms with Gasteiger partial charge in [0.15, 0.2) is 0 Å². The molecule has 5 nitrogen and oxygen atoms in total.